The maximum Gasteiger partial charge on any atom is 0.356 e. The van der Waals surface area contributed by atoms with E-state index in [2.05, 4.69) is 4.98 Å². The van der Waals surface area contributed by atoms with E-state index in [-0.39, 0.29) is 11.8 Å². The monoisotopic (exact) mass is 267 g/mol. The predicted molar refractivity (Wildman–Crippen MR) is 67.7 cm³/mol. The molecule has 1 atom stereocenters. The molecular formula is C11H13N3O3S. The molecule has 1 aliphatic heterocycles. The van der Waals surface area contributed by atoms with E-state index in [0.29, 0.717) is 17.3 Å². The molecule has 0 bridgehead atoms. The van der Waals surface area contributed by atoms with Gasteiger partial charge < -0.3 is 14.7 Å². The summed E-state index contributed by atoms with van der Waals surface area (Å²) in [5.74, 6) is -0.398. The number of ether oxygens (including phenoxy) is 1. The summed E-state index contributed by atoms with van der Waals surface area (Å²) in [4.78, 5) is 18.5. The summed E-state index contributed by atoms with van der Waals surface area (Å²) in [6, 6.07) is 0. The molecule has 3 rings (SSSR count). The molecule has 1 unspecified atom stereocenters. The maximum atomic E-state index is 11.4. The van der Waals surface area contributed by atoms with E-state index in [4.69, 9.17) is 4.74 Å². The number of carboxylic acid groups (broad SMARTS) is 1. The van der Waals surface area contributed by atoms with E-state index in [1.54, 1.807) is 17.7 Å². The molecule has 3 heterocycles. The number of hydrogen-bond donors (Lipinski definition) is 1. The number of hydrogen-bond acceptors (Lipinski definition) is 5. The fraction of sp³-hybridized carbons (Fsp3) is 0.455. The number of aromatic carboxylic acids is 1. The van der Waals surface area contributed by atoms with Gasteiger partial charge in [0, 0.05) is 31.8 Å². The normalized spacial score (nSPS) is 19.8. The van der Waals surface area contributed by atoms with E-state index in [9.17, 15) is 9.90 Å². The Kier molecular flexibility index (Phi) is 2.71. The van der Waals surface area contributed by atoms with Crippen LogP contribution in [0.4, 0.5) is 5.82 Å². The van der Waals surface area contributed by atoms with Gasteiger partial charge in [0.1, 0.15) is 0 Å². The summed E-state index contributed by atoms with van der Waals surface area (Å²) in [7, 11) is 1.68. The summed E-state index contributed by atoms with van der Waals surface area (Å²) in [6.07, 6.45) is 2.80. The Bertz CT molecular complexity index is 591. The molecule has 96 valence electrons. The van der Waals surface area contributed by atoms with Crippen LogP contribution in [0.15, 0.2) is 11.6 Å². The highest BCUT2D eigenvalue weighted by molar-refractivity contribution is 7.15. The van der Waals surface area contributed by atoms with Crippen LogP contribution in [-0.2, 0) is 4.74 Å². The van der Waals surface area contributed by atoms with Gasteiger partial charge in [0.15, 0.2) is 16.5 Å². The summed E-state index contributed by atoms with van der Waals surface area (Å²) in [5.41, 5.74) is 0.239. The molecule has 0 saturated carbocycles. The number of anilines is 1. The zero-order valence-corrected chi connectivity index (χ0v) is 10.7. The minimum absolute atomic E-state index is 0.159. The van der Waals surface area contributed by atoms with Gasteiger partial charge in [-0.15, -0.1) is 11.3 Å². The SMILES string of the molecule is COC1CCN(c2nc3sccn3c2C(=O)O)C1. The van der Waals surface area contributed by atoms with Crippen LogP contribution >= 0.6 is 11.3 Å². The van der Waals surface area contributed by atoms with Crippen molar-refractivity contribution >= 4 is 28.1 Å². The van der Waals surface area contributed by atoms with Crippen LogP contribution in [0.3, 0.4) is 0 Å². The van der Waals surface area contributed by atoms with Crippen molar-refractivity contribution in [1.82, 2.24) is 9.38 Å². The fourth-order valence-corrected chi connectivity index (χ4v) is 3.02. The van der Waals surface area contributed by atoms with E-state index < -0.39 is 5.97 Å². The molecule has 1 N–H and O–H groups in total. The first kappa shape index (κ1) is 11.5. The van der Waals surface area contributed by atoms with E-state index >= 15 is 0 Å². The number of nitrogens with zero attached hydrogens (tertiary/aromatic N) is 3. The van der Waals surface area contributed by atoms with Crippen molar-refractivity contribution < 1.29 is 14.6 Å². The number of aromatic nitrogens is 2. The zero-order chi connectivity index (χ0) is 12.7. The van der Waals surface area contributed by atoms with Gasteiger partial charge in [-0.25, -0.2) is 9.78 Å². The Morgan fingerprint density at radius 1 is 1.67 bits per heavy atom. The second kappa shape index (κ2) is 4.25. The highest BCUT2D eigenvalue weighted by Gasteiger charge is 2.29. The van der Waals surface area contributed by atoms with E-state index in [1.807, 2.05) is 10.3 Å². The molecule has 2 aromatic heterocycles. The number of fused-ring (bicyclic) bond motifs is 1. The number of rotatable bonds is 3. The Balaban J connectivity index is 2.03. The third-order valence-corrected chi connectivity index (χ3v) is 3.98. The van der Waals surface area contributed by atoms with Gasteiger partial charge in [-0.3, -0.25) is 4.40 Å². The second-order valence-electron chi connectivity index (χ2n) is 4.24. The zero-order valence-electron chi connectivity index (χ0n) is 9.87. The minimum Gasteiger partial charge on any atom is -0.476 e. The Morgan fingerprint density at radius 3 is 3.17 bits per heavy atom. The maximum absolute atomic E-state index is 11.4. The summed E-state index contributed by atoms with van der Waals surface area (Å²) in [6.45, 7) is 1.48. The largest absolute Gasteiger partial charge is 0.476 e. The molecule has 2 aromatic rings. The third kappa shape index (κ3) is 1.67. The van der Waals surface area contributed by atoms with Gasteiger partial charge in [0.25, 0.3) is 0 Å². The van der Waals surface area contributed by atoms with Crippen LogP contribution in [0.5, 0.6) is 0 Å². The number of carboxylic acids is 1. The lowest BCUT2D eigenvalue weighted by Gasteiger charge is -2.15. The molecule has 0 aliphatic carbocycles. The van der Waals surface area contributed by atoms with Crippen LogP contribution in [0.2, 0.25) is 0 Å². The van der Waals surface area contributed by atoms with Crippen LogP contribution < -0.4 is 4.90 Å². The van der Waals surface area contributed by atoms with Crippen molar-refractivity contribution in [3.05, 3.63) is 17.3 Å². The lowest BCUT2D eigenvalue weighted by molar-refractivity contribution is 0.0690. The van der Waals surface area contributed by atoms with Gasteiger partial charge in [-0.2, -0.15) is 0 Å². The molecule has 18 heavy (non-hydrogen) atoms. The average molecular weight is 267 g/mol. The number of imidazole rings is 1. The highest BCUT2D eigenvalue weighted by atomic mass is 32.1. The van der Waals surface area contributed by atoms with E-state index in [1.165, 1.54) is 11.3 Å². The molecule has 0 radical (unpaired) electrons. The molecule has 0 aromatic carbocycles. The quantitative estimate of drug-likeness (QED) is 0.908. The third-order valence-electron chi connectivity index (χ3n) is 3.22. The topological polar surface area (TPSA) is 67.1 Å². The first-order valence-corrected chi connectivity index (χ1v) is 6.55. The lowest BCUT2D eigenvalue weighted by Crippen LogP contribution is -2.24. The van der Waals surface area contributed by atoms with Crippen molar-refractivity contribution in [1.29, 1.82) is 0 Å². The molecule has 0 amide bonds. The molecule has 0 spiro atoms. The molecule has 1 fully saturated rings. The minimum atomic E-state index is -0.947. The molecule has 1 aliphatic rings. The second-order valence-corrected chi connectivity index (χ2v) is 5.11. The highest BCUT2D eigenvalue weighted by Crippen LogP contribution is 2.27. The van der Waals surface area contributed by atoms with Crippen molar-refractivity contribution in [3.8, 4) is 0 Å². The van der Waals surface area contributed by atoms with Crippen LogP contribution in [0.1, 0.15) is 16.9 Å². The van der Waals surface area contributed by atoms with Crippen molar-refractivity contribution in [2.45, 2.75) is 12.5 Å². The Hall–Kier alpha value is -1.60. The first-order valence-electron chi connectivity index (χ1n) is 5.67. The van der Waals surface area contributed by atoms with Gasteiger partial charge in [-0.05, 0) is 6.42 Å². The van der Waals surface area contributed by atoms with Gasteiger partial charge >= 0.3 is 5.97 Å². The fourth-order valence-electron chi connectivity index (χ4n) is 2.31. The van der Waals surface area contributed by atoms with Gasteiger partial charge in [-0.1, -0.05) is 0 Å². The molecule has 6 nitrogen and oxygen atoms in total. The van der Waals surface area contributed by atoms with Crippen molar-refractivity contribution in [2.75, 3.05) is 25.1 Å². The summed E-state index contributed by atoms with van der Waals surface area (Å²) >= 11 is 1.44. The number of thiazole rings is 1. The molecule has 1 saturated heterocycles. The standard InChI is InChI=1S/C11H13N3O3S/c1-17-7-2-3-13(6-7)9-8(10(15)16)14-4-5-18-11(14)12-9/h4-5,7H,2-3,6H2,1H3,(H,15,16). The number of carbonyl (C=O) groups is 1. The molecule has 7 heteroatoms. The van der Waals surface area contributed by atoms with Crippen LogP contribution in [0.25, 0.3) is 4.96 Å². The van der Waals surface area contributed by atoms with Gasteiger partial charge in [0.2, 0.25) is 0 Å². The van der Waals surface area contributed by atoms with Crippen molar-refractivity contribution in [2.24, 2.45) is 0 Å². The lowest BCUT2D eigenvalue weighted by atomic mass is 10.3. The Morgan fingerprint density at radius 2 is 2.50 bits per heavy atom. The molecular weight excluding hydrogens is 254 g/mol. The van der Waals surface area contributed by atoms with E-state index in [0.717, 1.165) is 13.0 Å². The predicted octanol–water partition coefficient (Wildman–Crippen LogP) is 1.32. The van der Waals surface area contributed by atoms with Crippen LogP contribution in [0, 0.1) is 0 Å². The van der Waals surface area contributed by atoms with Gasteiger partial charge in [0.05, 0.1) is 6.10 Å². The average Bonchev–Trinajstić information content (AvgIpc) is 3.02. The summed E-state index contributed by atoms with van der Waals surface area (Å²) in [5, 5.41) is 11.2. The smallest absolute Gasteiger partial charge is 0.356 e. The number of methoxy groups -OCH3 is 1. The summed E-state index contributed by atoms with van der Waals surface area (Å²) < 4.78 is 6.93. The van der Waals surface area contributed by atoms with Crippen LogP contribution in [-0.4, -0.2) is 46.8 Å². The Labute approximate surface area is 107 Å². The van der Waals surface area contributed by atoms with Crippen molar-refractivity contribution in [3.63, 3.8) is 0 Å². The first-order chi connectivity index (χ1) is 8.70.